The lowest BCUT2D eigenvalue weighted by molar-refractivity contribution is 0.0698. The topological polar surface area (TPSA) is 68.0 Å². The van der Waals surface area contributed by atoms with Crippen LogP contribution in [0.5, 0.6) is 5.75 Å². The molecule has 124 valence electrons. The third kappa shape index (κ3) is 2.30. The van der Waals surface area contributed by atoms with Crippen LogP contribution in [0.4, 0.5) is 0 Å². The maximum absolute atomic E-state index is 13.1. The Bertz CT molecular complexity index is 1190. The van der Waals surface area contributed by atoms with Crippen molar-refractivity contribution in [2.45, 2.75) is 0 Å². The first-order valence-electron chi connectivity index (χ1n) is 7.54. The number of thiophene rings is 1. The van der Waals surface area contributed by atoms with Gasteiger partial charge in [0.2, 0.25) is 0 Å². The SMILES string of the molecule is COc1ccccc1-c1cc(C(=O)O)c2c3sccc3ccn2c1=O. The first-order valence-corrected chi connectivity index (χ1v) is 8.42. The summed E-state index contributed by atoms with van der Waals surface area (Å²) in [5.74, 6) is -0.553. The molecule has 4 aromatic rings. The van der Waals surface area contributed by atoms with Crippen LogP contribution in [-0.2, 0) is 0 Å². The molecule has 3 heterocycles. The van der Waals surface area contributed by atoms with E-state index in [1.807, 2.05) is 17.5 Å². The van der Waals surface area contributed by atoms with Crippen LogP contribution < -0.4 is 10.3 Å². The van der Waals surface area contributed by atoms with Gasteiger partial charge >= 0.3 is 5.97 Å². The van der Waals surface area contributed by atoms with Crippen molar-refractivity contribution in [1.82, 2.24) is 4.40 Å². The zero-order valence-corrected chi connectivity index (χ0v) is 14.0. The summed E-state index contributed by atoms with van der Waals surface area (Å²) in [6.45, 7) is 0. The smallest absolute Gasteiger partial charge is 0.337 e. The van der Waals surface area contributed by atoms with Crippen molar-refractivity contribution >= 4 is 32.9 Å². The summed E-state index contributed by atoms with van der Waals surface area (Å²) < 4.78 is 7.52. The number of pyridine rings is 2. The van der Waals surface area contributed by atoms with E-state index < -0.39 is 5.97 Å². The Balaban J connectivity index is 2.18. The lowest BCUT2D eigenvalue weighted by atomic mass is 10.0. The van der Waals surface area contributed by atoms with E-state index in [9.17, 15) is 14.7 Å². The summed E-state index contributed by atoms with van der Waals surface area (Å²) in [6, 6.07) is 12.2. The molecule has 0 saturated carbocycles. The molecule has 0 bridgehead atoms. The first-order chi connectivity index (χ1) is 12.1. The highest BCUT2D eigenvalue weighted by molar-refractivity contribution is 7.18. The summed E-state index contributed by atoms with van der Waals surface area (Å²) >= 11 is 1.42. The molecule has 4 rings (SSSR count). The number of aromatic carboxylic acids is 1. The average molecular weight is 351 g/mol. The Kier molecular flexibility index (Phi) is 3.54. The van der Waals surface area contributed by atoms with Crippen LogP contribution in [0, 0.1) is 0 Å². The van der Waals surface area contributed by atoms with E-state index in [1.165, 1.54) is 28.9 Å². The number of hydrogen-bond acceptors (Lipinski definition) is 4. The predicted molar refractivity (Wildman–Crippen MR) is 98.0 cm³/mol. The number of benzene rings is 1. The van der Waals surface area contributed by atoms with Gasteiger partial charge in [0.05, 0.1) is 28.5 Å². The Morgan fingerprint density at radius 3 is 2.72 bits per heavy atom. The number of fused-ring (bicyclic) bond motifs is 3. The molecule has 0 radical (unpaired) electrons. The van der Waals surface area contributed by atoms with Crippen molar-refractivity contribution in [2.24, 2.45) is 0 Å². The van der Waals surface area contributed by atoms with Gasteiger partial charge in [0.1, 0.15) is 5.75 Å². The zero-order valence-electron chi connectivity index (χ0n) is 13.2. The summed E-state index contributed by atoms with van der Waals surface area (Å²) in [5, 5.41) is 12.5. The van der Waals surface area contributed by atoms with E-state index in [4.69, 9.17) is 4.74 Å². The van der Waals surface area contributed by atoms with Crippen molar-refractivity contribution in [1.29, 1.82) is 0 Å². The average Bonchev–Trinajstić information content (AvgIpc) is 3.10. The number of aromatic nitrogens is 1. The fourth-order valence-electron chi connectivity index (χ4n) is 3.03. The lowest BCUT2D eigenvalue weighted by Gasteiger charge is -2.12. The third-order valence-electron chi connectivity index (χ3n) is 4.18. The van der Waals surface area contributed by atoms with Gasteiger partial charge in [0.15, 0.2) is 0 Å². The van der Waals surface area contributed by atoms with Crippen molar-refractivity contribution in [2.75, 3.05) is 7.11 Å². The van der Waals surface area contributed by atoms with Crippen molar-refractivity contribution in [3.63, 3.8) is 0 Å². The van der Waals surface area contributed by atoms with Crippen LogP contribution in [0.2, 0.25) is 0 Å². The molecule has 0 aliphatic carbocycles. The van der Waals surface area contributed by atoms with E-state index in [0.717, 1.165) is 10.1 Å². The van der Waals surface area contributed by atoms with Crippen molar-refractivity contribution < 1.29 is 14.6 Å². The molecule has 0 fully saturated rings. The quantitative estimate of drug-likeness (QED) is 0.608. The minimum atomic E-state index is -1.07. The standard InChI is InChI=1S/C19H13NO4S/c1-24-15-5-3-2-4-12(15)13-10-14(19(22)23)16-17-11(7-9-25-17)6-8-20(16)18(13)21/h2-10H,1H3,(H,22,23). The van der Waals surface area contributed by atoms with E-state index >= 15 is 0 Å². The van der Waals surface area contributed by atoms with Gasteiger partial charge in [-0.3, -0.25) is 9.20 Å². The van der Waals surface area contributed by atoms with Gasteiger partial charge in [-0.2, -0.15) is 0 Å². The molecule has 0 spiro atoms. The van der Waals surface area contributed by atoms with Crippen LogP contribution in [-0.4, -0.2) is 22.6 Å². The minimum Gasteiger partial charge on any atom is -0.496 e. The van der Waals surface area contributed by atoms with Crippen LogP contribution in [0.25, 0.3) is 26.7 Å². The van der Waals surface area contributed by atoms with Crippen molar-refractivity contribution in [3.05, 3.63) is 70.0 Å². The molecule has 5 nitrogen and oxygen atoms in total. The fourth-order valence-corrected chi connectivity index (χ4v) is 3.97. The Labute approximate surface area is 146 Å². The number of nitrogens with zero attached hydrogens (tertiary/aromatic N) is 1. The third-order valence-corrected chi connectivity index (χ3v) is 5.11. The van der Waals surface area contributed by atoms with Gasteiger partial charge in [-0.05, 0) is 35.0 Å². The highest BCUT2D eigenvalue weighted by atomic mass is 32.1. The minimum absolute atomic E-state index is 0.0913. The zero-order chi connectivity index (χ0) is 17.6. The summed E-state index contributed by atoms with van der Waals surface area (Å²) in [4.78, 5) is 24.9. The van der Waals surface area contributed by atoms with Gasteiger partial charge in [-0.25, -0.2) is 4.79 Å². The number of ether oxygens (including phenoxy) is 1. The molecule has 0 atom stereocenters. The molecule has 1 aromatic carbocycles. The second-order valence-electron chi connectivity index (χ2n) is 5.52. The Morgan fingerprint density at radius 2 is 1.96 bits per heavy atom. The maximum atomic E-state index is 13.1. The number of para-hydroxylation sites is 1. The first kappa shape index (κ1) is 15.4. The van der Waals surface area contributed by atoms with E-state index in [1.54, 1.807) is 30.5 Å². The Morgan fingerprint density at radius 1 is 1.16 bits per heavy atom. The van der Waals surface area contributed by atoms with Gasteiger partial charge in [0.25, 0.3) is 5.56 Å². The van der Waals surface area contributed by atoms with Crippen LogP contribution >= 0.6 is 11.3 Å². The monoisotopic (exact) mass is 351 g/mol. The maximum Gasteiger partial charge on any atom is 0.337 e. The van der Waals surface area contributed by atoms with Crippen molar-refractivity contribution in [3.8, 4) is 16.9 Å². The Hall–Kier alpha value is -3.12. The molecule has 0 aliphatic rings. The molecular formula is C19H13NO4S. The predicted octanol–water partition coefficient (Wildman–Crippen LogP) is 3.89. The molecule has 3 aromatic heterocycles. The molecule has 1 N–H and O–H groups in total. The normalized spacial score (nSPS) is 11.1. The van der Waals surface area contributed by atoms with Gasteiger partial charge < -0.3 is 9.84 Å². The summed E-state index contributed by atoms with van der Waals surface area (Å²) in [6.07, 6.45) is 1.62. The van der Waals surface area contributed by atoms with Gasteiger partial charge in [-0.15, -0.1) is 11.3 Å². The van der Waals surface area contributed by atoms with Gasteiger partial charge in [-0.1, -0.05) is 18.2 Å². The molecule has 25 heavy (non-hydrogen) atoms. The highest BCUT2D eigenvalue weighted by Crippen LogP contribution is 2.32. The van der Waals surface area contributed by atoms with Crippen LogP contribution in [0.1, 0.15) is 10.4 Å². The number of carboxylic acid groups (broad SMARTS) is 1. The number of carbonyl (C=O) groups is 1. The van der Waals surface area contributed by atoms with E-state index in [0.29, 0.717) is 22.4 Å². The van der Waals surface area contributed by atoms with E-state index in [2.05, 4.69) is 0 Å². The summed E-state index contributed by atoms with van der Waals surface area (Å²) in [5.41, 5.74) is 1.10. The number of methoxy groups -OCH3 is 1. The molecule has 0 unspecified atom stereocenters. The molecule has 0 amide bonds. The largest absolute Gasteiger partial charge is 0.496 e. The molecule has 0 aliphatic heterocycles. The molecular weight excluding hydrogens is 338 g/mol. The lowest BCUT2D eigenvalue weighted by Crippen LogP contribution is -2.19. The van der Waals surface area contributed by atoms with Gasteiger partial charge in [0, 0.05) is 11.8 Å². The second kappa shape index (κ2) is 5.75. The number of hydrogen-bond donors (Lipinski definition) is 1. The molecule has 6 heteroatoms. The number of carboxylic acids is 1. The highest BCUT2D eigenvalue weighted by Gasteiger charge is 2.19. The van der Waals surface area contributed by atoms with Crippen LogP contribution in [0.3, 0.4) is 0 Å². The fraction of sp³-hybridized carbons (Fsp3) is 0.0526. The van der Waals surface area contributed by atoms with Crippen LogP contribution in [0.15, 0.2) is 58.8 Å². The summed E-state index contributed by atoms with van der Waals surface area (Å²) in [7, 11) is 1.52. The molecule has 0 saturated heterocycles. The second-order valence-corrected chi connectivity index (χ2v) is 6.44. The van der Waals surface area contributed by atoms with E-state index in [-0.39, 0.29) is 11.1 Å². The number of rotatable bonds is 3.